The summed E-state index contributed by atoms with van der Waals surface area (Å²) in [6, 6.07) is 10.0. The number of thiophene rings is 1. The first kappa shape index (κ1) is 20.1. The number of carbonyl (C=O) groups excluding carboxylic acids is 2. The summed E-state index contributed by atoms with van der Waals surface area (Å²) in [5, 5.41) is 5.15. The maximum atomic E-state index is 13.7. The fourth-order valence-corrected chi connectivity index (χ4v) is 5.48. The number of aryl methyl sites for hydroxylation is 1. The quantitative estimate of drug-likeness (QED) is 0.784. The molecule has 2 aliphatic rings. The van der Waals surface area contributed by atoms with Crippen LogP contribution in [0.4, 0.5) is 11.4 Å². The second-order valence-corrected chi connectivity index (χ2v) is 9.47. The van der Waals surface area contributed by atoms with Crippen LogP contribution in [0.2, 0.25) is 0 Å². The van der Waals surface area contributed by atoms with Gasteiger partial charge in [0.2, 0.25) is 5.91 Å². The second-order valence-electron chi connectivity index (χ2n) is 8.46. The number of fused-ring (bicyclic) bond motifs is 1. The molecule has 1 N–H and O–H groups in total. The third kappa shape index (κ3) is 3.60. The molecule has 0 unspecified atom stereocenters. The Bertz CT molecular complexity index is 914. The van der Waals surface area contributed by atoms with Gasteiger partial charge in [-0.1, -0.05) is 25.0 Å². The Morgan fingerprint density at radius 1 is 1.24 bits per heavy atom. The molecule has 1 aromatic heterocycles. The molecular formula is C23H29N3O2S. The minimum absolute atomic E-state index is 0.0112. The number of para-hydroxylation sites is 2. The molecule has 6 heteroatoms. The molecule has 2 heterocycles. The summed E-state index contributed by atoms with van der Waals surface area (Å²) in [7, 11) is 0. The minimum Gasteiger partial charge on any atom is -0.322 e. The highest BCUT2D eigenvalue weighted by molar-refractivity contribution is 7.10. The lowest BCUT2D eigenvalue weighted by Gasteiger charge is -2.45. The fourth-order valence-electron chi connectivity index (χ4n) is 4.54. The molecule has 0 bridgehead atoms. The molecule has 1 saturated carbocycles. The predicted molar refractivity (Wildman–Crippen MR) is 118 cm³/mol. The highest BCUT2D eigenvalue weighted by Gasteiger charge is 2.52. The number of nitrogens with one attached hydrogen (secondary N) is 1. The van der Waals surface area contributed by atoms with Gasteiger partial charge in [-0.3, -0.25) is 19.4 Å². The average molecular weight is 412 g/mol. The van der Waals surface area contributed by atoms with E-state index in [1.165, 1.54) is 10.4 Å². The molecule has 0 radical (unpaired) electrons. The number of nitrogens with zero attached hydrogens (tertiary/aromatic N) is 2. The van der Waals surface area contributed by atoms with E-state index >= 15 is 0 Å². The first-order valence-corrected chi connectivity index (χ1v) is 11.3. The Labute approximate surface area is 176 Å². The van der Waals surface area contributed by atoms with Crippen LogP contribution in [0.1, 0.15) is 50.0 Å². The third-order valence-electron chi connectivity index (χ3n) is 6.31. The number of hydrogen-bond acceptors (Lipinski definition) is 4. The normalized spacial score (nSPS) is 17.8. The summed E-state index contributed by atoms with van der Waals surface area (Å²) in [5.41, 5.74) is 2.08. The lowest BCUT2D eigenvalue weighted by molar-refractivity contribution is -0.128. The van der Waals surface area contributed by atoms with Crippen LogP contribution in [0.5, 0.6) is 0 Å². The van der Waals surface area contributed by atoms with Crippen molar-refractivity contribution in [3.8, 4) is 0 Å². The van der Waals surface area contributed by atoms with E-state index in [1.807, 2.05) is 29.2 Å². The van der Waals surface area contributed by atoms with Crippen molar-refractivity contribution in [1.82, 2.24) is 4.90 Å². The zero-order valence-corrected chi connectivity index (χ0v) is 18.2. The molecule has 1 spiro atoms. The van der Waals surface area contributed by atoms with E-state index in [0.717, 1.165) is 43.6 Å². The monoisotopic (exact) mass is 411 g/mol. The van der Waals surface area contributed by atoms with Crippen molar-refractivity contribution in [3.05, 3.63) is 46.2 Å². The van der Waals surface area contributed by atoms with Gasteiger partial charge in [-0.25, -0.2) is 0 Å². The van der Waals surface area contributed by atoms with Crippen LogP contribution in [0.3, 0.4) is 0 Å². The number of rotatable bonds is 5. The van der Waals surface area contributed by atoms with Crippen LogP contribution in [0.15, 0.2) is 35.7 Å². The minimum atomic E-state index is -0.743. The first-order valence-electron chi connectivity index (χ1n) is 10.4. The summed E-state index contributed by atoms with van der Waals surface area (Å²) in [6.07, 6.45) is 3.40. The zero-order chi connectivity index (χ0) is 20.6. The van der Waals surface area contributed by atoms with Crippen molar-refractivity contribution in [2.45, 2.75) is 64.6 Å². The van der Waals surface area contributed by atoms with Crippen molar-refractivity contribution < 1.29 is 9.59 Å². The number of hydrogen-bond donors (Lipinski definition) is 1. The SMILES string of the molecule is Cc1ccsc1CN(CC(=O)N1c2ccccc2NC(=O)C12CCCC2)C(C)C. The average Bonchev–Trinajstić information content (AvgIpc) is 3.32. The Morgan fingerprint density at radius 3 is 2.62 bits per heavy atom. The molecule has 5 nitrogen and oxygen atoms in total. The van der Waals surface area contributed by atoms with E-state index in [4.69, 9.17) is 0 Å². The van der Waals surface area contributed by atoms with E-state index in [-0.39, 0.29) is 17.9 Å². The van der Waals surface area contributed by atoms with E-state index in [9.17, 15) is 9.59 Å². The van der Waals surface area contributed by atoms with Crippen LogP contribution in [-0.4, -0.2) is 34.8 Å². The molecule has 29 heavy (non-hydrogen) atoms. The van der Waals surface area contributed by atoms with Crippen molar-refractivity contribution in [2.24, 2.45) is 0 Å². The van der Waals surface area contributed by atoms with Gasteiger partial charge in [0.1, 0.15) is 5.54 Å². The molecule has 2 aromatic rings. The van der Waals surface area contributed by atoms with Gasteiger partial charge in [-0.2, -0.15) is 0 Å². The van der Waals surface area contributed by atoms with E-state index in [2.05, 4.69) is 42.4 Å². The molecule has 1 aliphatic heterocycles. The van der Waals surface area contributed by atoms with Crippen molar-refractivity contribution in [1.29, 1.82) is 0 Å². The van der Waals surface area contributed by atoms with Crippen LogP contribution in [-0.2, 0) is 16.1 Å². The lowest BCUT2D eigenvalue weighted by Crippen LogP contribution is -2.62. The molecule has 4 rings (SSSR count). The summed E-state index contributed by atoms with van der Waals surface area (Å²) in [6.45, 7) is 7.42. The van der Waals surface area contributed by atoms with Gasteiger partial charge in [-0.15, -0.1) is 11.3 Å². The maximum absolute atomic E-state index is 13.7. The van der Waals surface area contributed by atoms with Crippen molar-refractivity contribution in [2.75, 3.05) is 16.8 Å². The van der Waals surface area contributed by atoms with Gasteiger partial charge >= 0.3 is 0 Å². The third-order valence-corrected chi connectivity index (χ3v) is 7.32. The van der Waals surface area contributed by atoms with Crippen LogP contribution >= 0.6 is 11.3 Å². The van der Waals surface area contributed by atoms with Gasteiger partial charge in [0.15, 0.2) is 0 Å². The van der Waals surface area contributed by atoms with Crippen LogP contribution in [0.25, 0.3) is 0 Å². The second kappa shape index (κ2) is 7.92. The molecular weight excluding hydrogens is 382 g/mol. The van der Waals surface area contributed by atoms with Crippen molar-refractivity contribution >= 4 is 34.5 Å². The maximum Gasteiger partial charge on any atom is 0.250 e. The molecule has 1 aliphatic carbocycles. The van der Waals surface area contributed by atoms with E-state index in [1.54, 1.807) is 11.3 Å². The van der Waals surface area contributed by atoms with Crippen LogP contribution < -0.4 is 10.2 Å². The lowest BCUT2D eigenvalue weighted by atomic mass is 9.89. The smallest absolute Gasteiger partial charge is 0.250 e. The largest absolute Gasteiger partial charge is 0.322 e. The van der Waals surface area contributed by atoms with Crippen molar-refractivity contribution in [3.63, 3.8) is 0 Å². The van der Waals surface area contributed by atoms with Gasteiger partial charge in [0.05, 0.1) is 17.9 Å². The summed E-state index contributed by atoms with van der Waals surface area (Å²) < 4.78 is 0. The number of anilines is 2. The van der Waals surface area contributed by atoms with Gasteiger partial charge in [0, 0.05) is 17.5 Å². The first-order chi connectivity index (χ1) is 13.9. The highest BCUT2D eigenvalue weighted by atomic mass is 32.1. The Morgan fingerprint density at radius 2 is 1.97 bits per heavy atom. The Kier molecular flexibility index (Phi) is 5.49. The Balaban J connectivity index is 1.66. The molecule has 1 aromatic carbocycles. The molecule has 0 atom stereocenters. The van der Waals surface area contributed by atoms with Gasteiger partial charge in [0.25, 0.3) is 5.91 Å². The molecule has 2 amide bonds. The summed E-state index contributed by atoms with van der Waals surface area (Å²) in [5.74, 6) is -0.0237. The molecule has 1 fully saturated rings. The zero-order valence-electron chi connectivity index (χ0n) is 17.4. The Hall–Kier alpha value is -2.18. The topological polar surface area (TPSA) is 52.7 Å². The standard InChI is InChI=1S/C23H29N3O2S/c1-16(2)25(14-20-17(3)10-13-29-20)15-21(27)26-19-9-5-4-8-18(19)24-22(28)23(26)11-6-7-12-23/h4-5,8-10,13,16H,6-7,11-12,14-15H2,1-3H3,(H,24,28). The fraction of sp³-hybridized carbons (Fsp3) is 0.478. The predicted octanol–water partition coefficient (Wildman–Crippen LogP) is 4.57. The number of carbonyl (C=O) groups is 2. The van der Waals surface area contributed by atoms with E-state index in [0.29, 0.717) is 6.54 Å². The molecule has 154 valence electrons. The van der Waals surface area contributed by atoms with Gasteiger partial charge < -0.3 is 5.32 Å². The van der Waals surface area contributed by atoms with Gasteiger partial charge in [-0.05, 0) is 62.8 Å². The number of amides is 2. The van der Waals surface area contributed by atoms with Crippen LogP contribution in [0, 0.1) is 6.92 Å². The van der Waals surface area contributed by atoms with E-state index < -0.39 is 5.54 Å². The summed E-state index contributed by atoms with van der Waals surface area (Å²) in [4.78, 5) is 32.1. The highest BCUT2D eigenvalue weighted by Crippen LogP contribution is 2.45. The number of benzene rings is 1. The molecule has 0 saturated heterocycles. The summed E-state index contributed by atoms with van der Waals surface area (Å²) >= 11 is 1.74.